The quantitative estimate of drug-likeness (QED) is 0.299. The zero-order valence-electron chi connectivity index (χ0n) is 21.7. The molecule has 0 spiro atoms. The Balaban J connectivity index is 1.57. The topological polar surface area (TPSA) is 105 Å². The molecule has 38 heavy (non-hydrogen) atoms. The molecule has 0 heterocycles. The van der Waals surface area contributed by atoms with Crippen LogP contribution in [0.1, 0.15) is 31.9 Å². The molecule has 0 saturated carbocycles. The molecule has 4 rings (SSSR count). The van der Waals surface area contributed by atoms with Gasteiger partial charge in [-0.15, -0.1) is 0 Å². The van der Waals surface area contributed by atoms with Crippen molar-refractivity contribution < 1.29 is 24.2 Å². The summed E-state index contributed by atoms with van der Waals surface area (Å²) in [5.74, 6) is -1.76. The predicted molar refractivity (Wildman–Crippen MR) is 148 cm³/mol. The van der Waals surface area contributed by atoms with Gasteiger partial charge in [-0.25, -0.2) is 9.59 Å². The van der Waals surface area contributed by atoms with Crippen molar-refractivity contribution in [2.45, 2.75) is 51.3 Å². The molecular weight excluding hydrogens is 480 g/mol. The number of aliphatic carboxylic acids is 1. The van der Waals surface area contributed by atoms with Gasteiger partial charge in [-0.3, -0.25) is 4.79 Å². The molecule has 3 N–H and O–H groups in total. The molecule has 0 bridgehead atoms. The van der Waals surface area contributed by atoms with Crippen LogP contribution in [-0.2, 0) is 27.2 Å². The van der Waals surface area contributed by atoms with Gasteiger partial charge >= 0.3 is 12.1 Å². The average Bonchev–Trinajstić information content (AvgIpc) is 2.86. The van der Waals surface area contributed by atoms with Crippen molar-refractivity contribution >= 4 is 39.5 Å². The van der Waals surface area contributed by atoms with Gasteiger partial charge in [0.2, 0.25) is 5.91 Å². The molecule has 0 unspecified atom stereocenters. The Morgan fingerprint density at radius 3 is 2.13 bits per heavy atom. The van der Waals surface area contributed by atoms with Crippen LogP contribution >= 0.6 is 0 Å². The number of carbonyl (C=O) groups is 3. The molecule has 4 aromatic rings. The highest BCUT2D eigenvalue weighted by atomic mass is 16.6. The van der Waals surface area contributed by atoms with Crippen molar-refractivity contribution in [1.29, 1.82) is 0 Å². The summed E-state index contributed by atoms with van der Waals surface area (Å²) in [6.45, 7) is 5.20. The maximum absolute atomic E-state index is 13.4. The van der Waals surface area contributed by atoms with Crippen LogP contribution in [0.25, 0.3) is 21.5 Å². The Labute approximate surface area is 221 Å². The molecule has 0 aliphatic rings. The number of ether oxygens (including phenoxy) is 1. The van der Waals surface area contributed by atoms with Crippen LogP contribution in [0.5, 0.6) is 0 Å². The molecule has 4 aromatic carbocycles. The maximum Gasteiger partial charge on any atom is 0.408 e. The third kappa shape index (κ3) is 6.88. The van der Waals surface area contributed by atoms with Crippen molar-refractivity contribution in [3.05, 3.63) is 96.1 Å². The minimum atomic E-state index is -1.19. The minimum Gasteiger partial charge on any atom is -0.480 e. The summed E-state index contributed by atoms with van der Waals surface area (Å²) in [7, 11) is 0. The number of alkyl carbamates (subject to hydrolysis) is 1. The molecule has 2 atom stereocenters. The lowest BCUT2D eigenvalue weighted by atomic mass is 9.98. The average molecular weight is 513 g/mol. The van der Waals surface area contributed by atoms with Crippen LogP contribution in [0.15, 0.2) is 84.9 Å². The maximum atomic E-state index is 13.4. The van der Waals surface area contributed by atoms with Gasteiger partial charge in [-0.2, -0.15) is 0 Å². The number of benzene rings is 4. The van der Waals surface area contributed by atoms with Crippen molar-refractivity contribution in [1.82, 2.24) is 10.6 Å². The highest BCUT2D eigenvalue weighted by molar-refractivity contribution is 5.91. The van der Waals surface area contributed by atoms with E-state index < -0.39 is 35.7 Å². The summed E-state index contributed by atoms with van der Waals surface area (Å²) in [5, 5.41) is 19.2. The summed E-state index contributed by atoms with van der Waals surface area (Å²) in [6.07, 6.45) is -0.493. The highest BCUT2D eigenvalue weighted by Crippen LogP contribution is 2.21. The number of rotatable bonds is 8. The molecule has 0 fully saturated rings. The fourth-order valence-corrected chi connectivity index (χ4v) is 4.42. The van der Waals surface area contributed by atoms with E-state index in [4.69, 9.17) is 4.74 Å². The van der Waals surface area contributed by atoms with E-state index in [1.54, 1.807) is 20.8 Å². The van der Waals surface area contributed by atoms with Crippen LogP contribution in [0.3, 0.4) is 0 Å². The van der Waals surface area contributed by atoms with Gasteiger partial charge in [0.25, 0.3) is 0 Å². The van der Waals surface area contributed by atoms with E-state index in [9.17, 15) is 19.5 Å². The summed E-state index contributed by atoms with van der Waals surface area (Å²) in [6, 6.07) is 24.8. The fraction of sp³-hybridized carbons (Fsp3) is 0.258. The van der Waals surface area contributed by atoms with Crippen LogP contribution < -0.4 is 10.6 Å². The number of hydrogen-bond donors (Lipinski definition) is 3. The first kappa shape index (κ1) is 26.7. The number of carboxylic acids is 1. The van der Waals surface area contributed by atoms with Crippen molar-refractivity contribution in [2.24, 2.45) is 0 Å². The highest BCUT2D eigenvalue weighted by Gasteiger charge is 2.29. The van der Waals surface area contributed by atoms with Gasteiger partial charge in [-0.1, -0.05) is 84.9 Å². The van der Waals surface area contributed by atoms with E-state index >= 15 is 0 Å². The third-order valence-corrected chi connectivity index (χ3v) is 6.18. The number of hydrogen-bond acceptors (Lipinski definition) is 4. The zero-order valence-corrected chi connectivity index (χ0v) is 21.7. The Bertz CT molecular complexity index is 1470. The number of carbonyl (C=O) groups excluding carboxylic acids is 2. The number of carboxylic acid groups (broad SMARTS) is 1. The second-order valence-electron chi connectivity index (χ2n) is 10.3. The number of nitrogens with one attached hydrogen (secondary N) is 2. The largest absolute Gasteiger partial charge is 0.480 e. The second kappa shape index (κ2) is 11.3. The monoisotopic (exact) mass is 512 g/mol. The van der Waals surface area contributed by atoms with Gasteiger partial charge in [0, 0.05) is 12.8 Å². The third-order valence-electron chi connectivity index (χ3n) is 6.18. The number of amides is 2. The molecule has 0 saturated heterocycles. The second-order valence-corrected chi connectivity index (χ2v) is 10.3. The van der Waals surface area contributed by atoms with Crippen molar-refractivity contribution in [2.75, 3.05) is 0 Å². The molecule has 0 aliphatic carbocycles. The van der Waals surface area contributed by atoms with E-state index in [-0.39, 0.29) is 12.8 Å². The molecule has 0 aliphatic heterocycles. The van der Waals surface area contributed by atoms with Gasteiger partial charge in [0.15, 0.2) is 0 Å². The Morgan fingerprint density at radius 1 is 0.763 bits per heavy atom. The SMILES string of the molecule is CC(C)(C)OC(=O)N[C@H](Cc1ccc2ccccc2c1)C(=O)N[C@@H](Cc1cccc2ccccc12)C(=O)O. The van der Waals surface area contributed by atoms with Crippen LogP contribution in [0.2, 0.25) is 0 Å². The first-order valence-corrected chi connectivity index (χ1v) is 12.6. The lowest BCUT2D eigenvalue weighted by Crippen LogP contribution is -2.53. The van der Waals surface area contributed by atoms with Crippen LogP contribution in [0, 0.1) is 0 Å². The lowest BCUT2D eigenvalue weighted by molar-refractivity contribution is -0.142. The van der Waals surface area contributed by atoms with E-state index in [0.29, 0.717) is 0 Å². The van der Waals surface area contributed by atoms with E-state index in [1.165, 1.54) is 0 Å². The molecule has 2 amide bonds. The van der Waals surface area contributed by atoms with E-state index in [0.717, 1.165) is 32.7 Å². The first-order valence-electron chi connectivity index (χ1n) is 12.6. The standard InChI is InChI=1S/C31H32N2O5/c1-31(2,3)38-30(37)33-26(18-20-15-16-21-9-4-5-11-23(21)17-20)28(34)32-27(29(35)36)19-24-13-8-12-22-10-6-7-14-25(22)24/h4-17,26-27H,18-19H2,1-3H3,(H,32,34)(H,33,37)(H,35,36)/t26-,27+/m1/s1. The minimum absolute atomic E-state index is 0.0948. The fourth-order valence-electron chi connectivity index (χ4n) is 4.42. The Morgan fingerprint density at radius 2 is 1.42 bits per heavy atom. The number of fused-ring (bicyclic) bond motifs is 2. The first-order chi connectivity index (χ1) is 18.1. The summed E-state index contributed by atoms with van der Waals surface area (Å²) < 4.78 is 5.38. The van der Waals surface area contributed by atoms with Crippen LogP contribution in [-0.4, -0.2) is 40.8 Å². The summed E-state index contributed by atoms with van der Waals surface area (Å²) in [4.78, 5) is 38.2. The van der Waals surface area contributed by atoms with Gasteiger partial charge < -0.3 is 20.5 Å². The Hall–Kier alpha value is -4.39. The molecule has 0 aromatic heterocycles. The molecular formula is C31H32N2O5. The van der Waals surface area contributed by atoms with Gasteiger partial charge in [0.1, 0.15) is 17.7 Å². The normalized spacial score (nSPS) is 13.0. The summed E-state index contributed by atoms with van der Waals surface area (Å²) in [5.41, 5.74) is 0.870. The van der Waals surface area contributed by atoms with Gasteiger partial charge in [0.05, 0.1) is 0 Å². The smallest absolute Gasteiger partial charge is 0.408 e. The van der Waals surface area contributed by atoms with E-state index in [1.807, 2.05) is 84.9 Å². The van der Waals surface area contributed by atoms with Crippen molar-refractivity contribution in [3.63, 3.8) is 0 Å². The molecule has 196 valence electrons. The summed E-state index contributed by atoms with van der Waals surface area (Å²) >= 11 is 0. The van der Waals surface area contributed by atoms with Crippen LogP contribution in [0.4, 0.5) is 4.79 Å². The molecule has 7 nitrogen and oxygen atoms in total. The lowest BCUT2D eigenvalue weighted by Gasteiger charge is -2.25. The van der Waals surface area contributed by atoms with E-state index in [2.05, 4.69) is 10.6 Å². The molecule has 0 radical (unpaired) electrons. The zero-order chi connectivity index (χ0) is 27.3. The molecule has 7 heteroatoms. The predicted octanol–water partition coefficient (Wildman–Crippen LogP) is 5.24. The Kier molecular flexibility index (Phi) is 7.96. The van der Waals surface area contributed by atoms with Crippen molar-refractivity contribution in [3.8, 4) is 0 Å². The van der Waals surface area contributed by atoms with Gasteiger partial charge in [-0.05, 0) is 53.4 Å².